The van der Waals surface area contributed by atoms with Crippen molar-refractivity contribution in [2.45, 2.75) is 0 Å². The average Bonchev–Trinajstić information content (AvgIpc) is 2.64. The number of halogens is 1. The number of fused-ring (bicyclic) bond motifs is 3. The van der Waals surface area contributed by atoms with Crippen LogP contribution in [0.2, 0.25) is 0 Å². The molecule has 0 saturated heterocycles. The lowest BCUT2D eigenvalue weighted by atomic mass is 9.96. The fourth-order valence-corrected chi connectivity index (χ4v) is 2.53. The summed E-state index contributed by atoms with van der Waals surface area (Å²) in [5.74, 6) is 0. The van der Waals surface area contributed by atoms with Crippen molar-refractivity contribution in [3.05, 3.63) is 34.2 Å². The van der Waals surface area contributed by atoms with Crippen LogP contribution in [0.4, 0.5) is 0 Å². The number of H-pyrrole nitrogens is 1. The molecule has 1 N–H and O–H groups in total. The molecule has 0 bridgehead atoms. The average molecular weight is 304 g/mol. The quantitative estimate of drug-likeness (QED) is 0.385. The maximum Gasteiger partial charge on any atom is 0.118 e. The molecule has 2 radical (unpaired) electrons. The highest BCUT2D eigenvalue weighted by Crippen LogP contribution is 2.26. The number of nitrogens with one attached hydrogen (secondary N) is 1. The van der Waals surface area contributed by atoms with Crippen LogP contribution in [0, 0.1) is 3.70 Å². The van der Waals surface area contributed by atoms with Crippen LogP contribution in [0.5, 0.6) is 0 Å². The molecule has 0 atom stereocenters. The largest absolute Gasteiger partial charge is 0.355 e. The smallest absolute Gasteiger partial charge is 0.118 e. The van der Waals surface area contributed by atoms with Gasteiger partial charge >= 0.3 is 0 Å². The predicted molar refractivity (Wildman–Crippen MR) is 71.7 cm³/mol. The zero-order valence-corrected chi connectivity index (χ0v) is 9.95. The van der Waals surface area contributed by atoms with Gasteiger partial charge in [0, 0.05) is 28.0 Å². The Labute approximate surface area is 102 Å². The van der Waals surface area contributed by atoms with Gasteiger partial charge in [-0.3, -0.25) is 4.98 Å². The number of pyridine rings is 1. The van der Waals surface area contributed by atoms with E-state index in [1.54, 1.807) is 6.20 Å². The molecule has 0 aliphatic heterocycles. The van der Waals surface area contributed by atoms with E-state index in [9.17, 15) is 0 Å². The highest BCUT2D eigenvalue weighted by molar-refractivity contribution is 14.1. The topological polar surface area (TPSA) is 28.7 Å². The van der Waals surface area contributed by atoms with Crippen molar-refractivity contribution in [3.8, 4) is 0 Å². The first-order valence-electron chi connectivity index (χ1n) is 4.58. The Balaban J connectivity index is 2.66. The van der Waals surface area contributed by atoms with Crippen molar-refractivity contribution in [1.82, 2.24) is 9.97 Å². The van der Waals surface area contributed by atoms with Crippen molar-refractivity contribution in [2.24, 2.45) is 0 Å². The van der Waals surface area contributed by atoms with Gasteiger partial charge < -0.3 is 4.98 Å². The first kappa shape index (κ1) is 9.21. The number of rotatable bonds is 0. The van der Waals surface area contributed by atoms with Crippen LogP contribution >= 0.6 is 22.6 Å². The van der Waals surface area contributed by atoms with Gasteiger partial charge in [-0.05, 0) is 28.7 Å². The van der Waals surface area contributed by atoms with Gasteiger partial charge in [0.05, 0.1) is 0 Å². The van der Waals surface area contributed by atoms with Crippen molar-refractivity contribution in [1.29, 1.82) is 0 Å². The summed E-state index contributed by atoms with van der Waals surface area (Å²) in [5, 5.41) is 2.29. The molecule has 2 aromatic heterocycles. The minimum Gasteiger partial charge on any atom is -0.355 e. The lowest BCUT2D eigenvalue weighted by Crippen LogP contribution is -2.05. The van der Waals surface area contributed by atoms with E-state index in [1.807, 2.05) is 18.2 Å². The molecular weight excluding hydrogens is 298 g/mol. The van der Waals surface area contributed by atoms with Crippen LogP contribution in [-0.2, 0) is 0 Å². The maximum atomic E-state index is 5.89. The zero-order chi connectivity index (χ0) is 10.4. The summed E-state index contributed by atoms with van der Waals surface area (Å²) in [4.78, 5) is 7.59. The van der Waals surface area contributed by atoms with E-state index >= 15 is 0 Å². The highest BCUT2D eigenvalue weighted by Gasteiger charge is 2.08. The molecule has 0 unspecified atom stereocenters. The number of nitrogens with zero attached hydrogens (tertiary/aromatic N) is 1. The summed E-state index contributed by atoms with van der Waals surface area (Å²) in [6.45, 7) is 0. The van der Waals surface area contributed by atoms with Crippen LogP contribution in [0.25, 0.3) is 21.8 Å². The van der Waals surface area contributed by atoms with E-state index in [0.29, 0.717) is 5.46 Å². The Morgan fingerprint density at radius 2 is 2.07 bits per heavy atom. The van der Waals surface area contributed by atoms with Gasteiger partial charge in [-0.15, -0.1) is 0 Å². The van der Waals surface area contributed by atoms with Crippen molar-refractivity contribution < 1.29 is 0 Å². The standard InChI is InChI=1S/C11H6BIN2/c12-7-5-14-11(13)9-6-3-1-2-4-8(6)15-10(7)9/h1-5,15H. The molecular formula is C11H6BIN2. The van der Waals surface area contributed by atoms with E-state index in [2.05, 4.69) is 38.6 Å². The summed E-state index contributed by atoms with van der Waals surface area (Å²) < 4.78 is 0.981. The number of hydrogen-bond donors (Lipinski definition) is 1. The van der Waals surface area contributed by atoms with Crippen LogP contribution in [0.1, 0.15) is 0 Å². The normalized spacial score (nSPS) is 11.3. The van der Waals surface area contributed by atoms with Crippen molar-refractivity contribution in [2.75, 3.05) is 0 Å². The van der Waals surface area contributed by atoms with Crippen LogP contribution < -0.4 is 5.46 Å². The van der Waals surface area contributed by atoms with Crippen LogP contribution in [0.3, 0.4) is 0 Å². The summed E-state index contributed by atoms with van der Waals surface area (Å²) >= 11 is 2.23. The number of para-hydroxylation sites is 1. The number of benzene rings is 1. The Morgan fingerprint density at radius 3 is 2.93 bits per heavy atom. The van der Waals surface area contributed by atoms with Crippen molar-refractivity contribution >= 4 is 57.7 Å². The lowest BCUT2D eigenvalue weighted by molar-refractivity contribution is 1.32. The molecule has 0 amide bonds. The second-order valence-corrected chi connectivity index (χ2v) is 4.45. The third-order valence-electron chi connectivity index (χ3n) is 2.52. The lowest BCUT2D eigenvalue weighted by Gasteiger charge is -1.97. The van der Waals surface area contributed by atoms with E-state index in [1.165, 1.54) is 5.39 Å². The maximum absolute atomic E-state index is 5.89. The molecule has 1 aromatic carbocycles. The summed E-state index contributed by atoms with van der Waals surface area (Å²) in [7, 11) is 5.89. The SMILES string of the molecule is [B]c1cnc(I)c2c1[nH]c1ccccc12. The third kappa shape index (κ3) is 1.28. The van der Waals surface area contributed by atoms with Gasteiger partial charge in [0.25, 0.3) is 0 Å². The van der Waals surface area contributed by atoms with E-state index in [-0.39, 0.29) is 0 Å². The molecule has 3 aromatic rings. The second-order valence-electron chi connectivity index (χ2n) is 3.42. The molecule has 4 heteroatoms. The van der Waals surface area contributed by atoms with Gasteiger partial charge in [-0.25, -0.2) is 0 Å². The number of hydrogen-bond acceptors (Lipinski definition) is 1. The van der Waals surface area contributed by atoms with Crippen LogP contribution in [0.15, 0.2) is 30.5 Å². The van der Waals surface area contributed by atoms with E-state index in [0.717, 1.165) is 20.1 Å². The number of aromatic amines is 1. The molecule has 0 saturated carbocycles. The monoisotopic (exact) mass is 304 g/mol. The molecule has 0 aliphatic rings. The Hall–Kier alpha value is -1.04. The molecule has 2 nitrogen and oxygen atoms in total. The molecule has 70 valence electrons. The zero-order valence-electron chi connectivity index (χ0n) is 7.79. The second kappa shape index (κ2) is 3.23. The van der Waals surface area contributed by atoms with Gasteiger partial charge in [0.1, 0.15) is 11.5 Å². The number of aromatic nitrogens is 2. The summed E-state index contributed by atoms with van der Waals surface area (Å²) in [6.07, 6.45) is 1.69. The molecule has 0 aliphatic carbocycles. The Bertz CT molecular complexity index is 660. The van der Waals surface area contributed by atoms with Gasteiger partial charge in [-0.1, -0.05) is 23.7 Å². The minimum atomic E-state index is 0.696. The Morgan fingerprint density at radius 1 is 1.27 bits per heavy atom. The van der Waals surface area contributed by atoms with E-state index in [4.69, 9.17) is 7.85 Å². The molecule has 0 spiro atoms. The van der Waals surface area contributed by atoms with E-state index < -0.39 is 0 Å². The summed E-state index contributed by atoms with van der Waals surface area (Å²) in [5.41, 5.74) is 2.78. The first-order valence-corrected chi connectivity index (χ1v) is 5.65. The predicted octanol–water partition coefficient (Wildman–Crippen LogP) is 2.11. The van der Waals surface area contributed by atoms with Gasteiger partial charge in [-0.2, -0.15) is 0 Å². The fraction of sp³-hybridized carbons (Fsp3) is 0. The van der Waals surface area contributed by atoms with Gasteiger partial charge in [0.15, 0.2) is 0 Å². The fourth-order valence-electron chi connectivity index (χ4n) is 1.83. The Kier molecular flexibility index (Phi) is 1.98. The highest BCUT2D eigenvalue weighted by atomic mass is 127. The first-order chi connectivity index (χ1) is 7.27. The molecule has 3 rings (SSSR count). The molecule has 2 heterocycles. The minimum absolute atomic E-state index is 0.696. The molecule has 15 heavy (non-hydrogen) atoms. The third-order valence-corrected chi connectivity index (χ3v) is 3.34. The van der Waals surface area contributed by atoms with Crippen molar-refractivity contribution in [3.63, 3.8) is 0 Å². The van der Waals surface area contributed by atoms with Crippen LogP contribution in [-0.4, -0.2) is 17.8 Å². The molecule has 0 fully saturated rings. The van der Waals surface area contributed by atoms with Gasteiger partial charge in [0.2, 0.25) is 0 Å². The summed E-state index contributed by atoms with van der Waals surface area (Å²) in [6, 6.07) is 8.16.